The number of urea groups is 1. The third kappa shape index (κ3) is 2.45. The molecule has 1 atom stereocenters. The van der Waals surface area contributed by atoms with Crippen molar-refractivity contribution in [2.24, 2.45) is 0 Å². The van der Waals surface area contributed by atoms with Crippen molar-refractivity contribution in [3.05, 3.63) is 42.0 Å². The molecule has 1 fully saturated rings. The molecule has 0 aliphatic carbocycles. The predicted molar refractivity (Wildman–Crippen MR) is 101 cm³/mol. The summed E-state index contributed by atoms with van der Waals surface area (Å²) in [5, 5.41) is 5.81. The summed E-state index contributed by atoms with van der Waals surface area (Å²) < 4.78 is 15.9. The first kappa shape index (κ1) is 16.7. The number of ether oxygens (including phenoxy) is 3. The molecule has 28 heavy (non-hydrogen) atoms. The topological polar surface area (TPSA) is 89.1 Å². The number of carbonyl (C=O) groups is 2. The third-order valence-corrected chi connectivity index (χ3v) is 5.61. The van der Waals surface area contributed by atoms with Gasteiger partial charge in [0.2, 0.25) is 12.7 Å². The Labute approximate surface area is 161 Å². The second-order valence-electron chi connectivity index (χ2n) is 7.12. The van der Waals surface area contributed by atoms with E-state index in [1.165, 1.54) is 0 Å². The van der Waals surface area contributed by atoms with Crippen LogP contribution in [0.25, 0.3) is 0 Å². The van der Waals surface area contributed by atoms with Crippen molar-refractivity contribution in [3.8, 4) is 17.2 Å². The number of hydrogen-bond donors (Lipinski definition) is 2. The Balaban J connectivity index is 1.36. The average molecular weight is 381 g/mol. The molecule has 3 amide bonds. The van der Waals surface area contributed by atoms with Crippen LogP contribution >= 0.6 is 0 Å². The lowest BCUT2D eigenvalue weighted by Crippen LogP contribution is -2.40. The van der Waals surface area contributed by atoms with E-state index >= 15 is 0 Å². The first-order valence-corrected chi connectivity index (χ1v) is 9.05. The average Bonchev–Trinajstić information content (AvgIpc) is 3.41. The van der Waals surface area contributed by atoms with E-state index in [1.54, 1.807) is 30.2 Å². The Morgan fingerprint density at radius 1 is 1.21 bits per heavy atom. The molecular formula is C20H19N3O5. The van der Waals surface area contributed by atoms with Crippen molar-refractivity contribution in [2.75, 3.05) is 37.6 Å². The molecule has 0 radical (unpaired) electrons. The molecule has 2 aromatic carbocycles. The number of hydrogen-bond acceptors (Lipinski definition) is 5. The van der Waals surface area contributed by atoms with Crippen LogP contribution in [0.2, 0.25) is 0 Å². The highest BCUT2D eigenvalue weighted by molar-refractivity contribution is 6.07. The fourth-order valence-corrected chi connectivity index (χ4v) is 4.08. The molecule has 3 heterocycles. The van der Waals surface area contributed by atoms with Gasteiger partial charge in [0.05, 0.1) is 12.5 Å². The van der Waals surface area contributed by atoms with Gasteiger partial charge < -0.3 is 29.7 Å². The molecule has 0 aromatic heterocycles. The highest BCUT2D eigenvalue weighted by Crippen LogP contribution is 2.45. The highest BCUT2D eigenvalue weighted by Gasteiger charge is 2.52. The summed E-state index contributed by atoms with van der Waals surface area (Å²) in [6, 6.07) is 10.5. The largest absolute Gasteiger partial charge is 0.497 e. The number of carbonyl (C=O) groups excluding carboxylic acids is 2. The molecule has 1 spiro atoms. The van der Waals surface area contributed by atoms with Gasteiger partial charge >= 0.3 is 6.03 Å². The summed E-state index contributed by atoms with van der Waals surface area (Å²) in [6.07, 6.45) is 0.563. The lowest BCUT2D eigenvalue weighted by molar-refractivity contribution is -0.120. The zero-order valence-electron chi connectivity index (χ0n) is 15.3. The summed E-state index contributed by atoms with van der Waals surface area (Å²) in [5.74, 6) is 1.88. The smallest absolute Gasteiger partial charge is 0.321 e. The number of amides is 3. The predicted octanol–water partition coefficient (Wildman–Crippen LogP) is 2.55. The normalized spacial score (nSPS) is 21.6. The van der Waals surface area contributed by atoms with Crippen molar-refractivity contribution >= 4 is 23.3 Å². The van der Waals surface area contributed by atoms with Crippen molar-refractivity contribution in [3.63, 3.8) is 0 Å². The van der Waals surface area contributed by atoms with Crippen LogP contribution in [0, 0.1) is 0 Å². The van der Waals surface area contributed by atoms with Crippen molar-refractivity contribution in [2.45, 2.75) is 11.8 Å². The number of nitrogens with zero attached hydrogens (tertiary/aromatic N) is 1. The van der Waals surface area contributed by atoms with Crippen LogP contribution in [0.3, 0.4) is 0 Å². The summed E-state index contributed by atoms with van der Waals surface area (Å²) in [7, 11) is 1.60. The highest BCUT2D eigenvalue weighted by atomic mass is 16.7. The molecule has 0 bridgehead atoms. The third-order valence-electron chi connectivity index (χ3n) is 5.61. The maximum atomic E-state index is 12.8. The van der Waals surface area contributed by atoms with Gasteiger partial charge in [-0.05, 0) is 42.3 Å². The molecule has 5 rings (SSSR count). The van der Waals surface area contributed by atoms with Gasteiger partial charge in [-0.3, -0.25) is 4.79 Å². The van der Waals surface area contributed by atoms with E-state index in [2.05, 4.69) is 10.6 Å². The van der Waals surface area contributed by atoms with Crippen LogP contribution in [-0.4, -0.2) is 43.8 Å². The Hall–Kier alpha value is -3.42. The summed E-state index contributed by atoms with van der Waals surface area (Å²) >= 11 is 0. The second kappa shape index (κ2) is 6.05. The van der Waals surface area contributed by atoms with Gasteiger partial charge in [0.1, 0.15) is 5.75 Å². The minimum Gasteiger partial charge on any atom is -0.497 e. The minimum atomic E-state index is -0.740. The van der Waals surface area contributed by atoms with Gasteiger partial charge in [0.25, 0.3) is 0 Å². The molecule has 8 heteroatoms. The number of benzene rings is 2. The quantitative estimate of drug-likeness (QED) is 0.835. The summed E-state index contributed by atoms with van der Waals surface area (Å²) in [6.45, 7) is 0.981. The SMILES string of the molecule is COc1ccc2c(c1)[C@]1(CCN(C(=O)Nc3ccc4c(c3)OCO4)C1)C(=O)N2. The van der Waals surface area contributed by atoms with Gasteiger partial charge in [-0.2, -0.15) is 0 Å². The molecule has 0 saturated carbocycles. The number of nitrogens with one attached hydrogen (secondary N) is 2. The van der Waals surface area contributed by atoms with Gasteiger partial charge in [-0.15, -0.1) is 0 Å². The Kier molecular flexibility index (Phi) is 3.61. The Bertz CT molecular complexity index is 992. The Morgan fingerprint density at radius 3 is 2.93 bits per heavy atom. The van der Waals surface area contributed by atoms with Crippen molar-refractivity contribution in [1.82, 2.24) is 4.90 Å². The number of rotatable bonds is 2. The van der Waals surface area contributed by atoms with Crippen LogP contribution in [0.15, 0.2) is 36.4 Å². The van der Waals surface area contributed by atoms with E-state index < -0.39 is 5.41 Å². The standard InChI is InChI=1S/C20H19N3O5/c1-26-13-3-4-15-14(9-13)20(18(24)22-15)6-7-23(10-20)19(25)21-12-2-5-16-17(8-12)28-11-27-16/h2-5,8-9H,6-7,10-11H2,1H3,(H,21,25)(H,22,24)/t20-/m1/s1. The fraction of sp³-hybridized carbons (Fsp3) is 0.300. The van der Waals surface area contributed by atoms with Crippen LogP contribution in [0.4, 0.5) is 16.2 Å². The van der Waals surface area contributed by atoms with E-state index in [9.17, 15) is 9.59 Å². The lowest BCUT2D eigenvalue weighted by Gasteiger charge is -2.23. The van der Waals surface area contributed by atoms with E-state index in [-0.39, 0.29) is 18.7 Å². The summed E-state index contributed by atoms with van der Waals surface area (Å²) in [5.41, 5.74) is 1.54. The zero-order valence-corrected chi connectivity index (χ0v) is 15.3. The second-order valence-corrected chi connectivity index (χ2v) is 7.12. The van der Waals surface area contributed by atoms with E-state index in [1.807, 2.05) is 18.2 Å². The van der Waals surface area contributed by atoms with Gasteiger partial charge in [0.15, 0.2) is 11.5 Å². The lowest BCUT2D eigenvalue weighted by atomic mass is 9.81. The van der Waals surface area contributed by atoms with Crippen molar-refractivity contribution in [1.29, 1.82) is 0 Å². The van der Waals surface area contributed by atoms with Gasteiger partial charge in [-0.1, -0.05) is 0 Å². The number of methoxy groups -OCH3 is 1. The molecule has 1 saturated heterocycles. The molecular weight excluding hydrogens is 362 g/mol. The van der Waals surface area contributed by atoms with E-state index in [0.29, 0.717) is 42.4 Å². The maximum Gasteiger partial charge on any atom is 0.321 e. The monoisotopic (exact) mass is 381 g/mol. The number of likely N-dealkylation sites (tertiary alicyclic amines) is 1. The van der Waals surface area contributed by atoms with Crippen LogP contribution < -0.4 is 24.8 Å². The molecule has 3 aliphatic heterocycles. The van der Waals surface area contributed by atoms with Crippen LogP contribution in [0.1, 0.15) is 12.0 Å². The molecule has 2 N–H and O–H groups in total. The van der Waals surface area contributed by atoms with Gasteiger partial charge in [0, 0.05) is 30.5 Å². The molecule has 2 aromatic rings. The molecule has 8 nitrogen and oxygen atoms in total. The summed E-state index contributed by atoms with van der Waals surface area (Å²) in [4.78, 5) is 27.2. The van der Waals surface area contributed by atoms with Crippen molar-refractivity contribution < 1.29 is 23.8 Å². The molecule has 144 valence electrons. The van der Waals surface area contributed by atoms with Gasteiger partial charge in [-0.25, -0.2) is 4.79 Å². The zero-order chi connectivity index (χ0) is 19.3. The fourth-order valence-electron chi connectivity index (χ4n) is 4.08. The van der Waals surface area contributed by atoms with E-state index in [0.717, 1.165) is 11.3 Å². The van der Waals surface area contributed by atoms with Crippen LogP contribution in [-0.2, 0) is 10.2 Å². The maximum absolute atomic E-state index is 12.8. The first-order chi connectivity index (χ1) is 13.6. The first-order valence-electron chi connectivity index (χ1n) is 9.05. The molecule has 0 unspecified atom stereocenters. The number of anilines is 2. The number of fused-ring (bicyclic) bond motifs is 3. The molecule has 3 aliphatic rings. The minimum absolute atomic E-state index is 0.0749. The Morgan fingerprint density at radius 2 is 2.07 bits per heavy atom. The van der Waals surface area contributed by atoms with Crippen LogP contribution in [0.5, 0.6) is 17.2 Å². The van der Waals surface area contributed by atoms with E-state index in [4.69, 9.17) is 14.2 Å².